The molecule has 1 atom stereocenters. The minimum Gasteiger partial charge on any atom is -0.337 e. The van der Waals surface area contributed by atoms with E-state index >= 15 is 0 Å². The van der Waals surface area contributed by atoms with Crippen LogP contribution in [-0.4, -0.2) is 61.7 Å². The van der Waals surface area contributed by atoms with Crippen LogP contribution in [0.1, 0.15) is 12.8 Å². The summed E-state index contributed by atoms with van der Waals surface area (Å²) in [6, 6.07) is 0.144. The zero-order chi connectivity index (χ0) is 15.5. The van der Waals surface area contributed by atoms with Gasteiger partial charge in [0.1, 0.15) is 4.90 Å². The van der Waals surface area contributed by atoms with Crippen LogP contribution < -0.4 is 10.0 Å². The van der Waals surface area contributed by atoms with E-state index in [0.29, 0.717) is 6.54 Å². The van der Waals surface area contributed by atoms with E-state index in [2.05, 4.69) is 15.1 Å². The summed E-state index contributed by atoms with van der Waals surface area (Å²) in [7, 11) is -0.215. The van der Waals surface area contributed by atoms with Crippen molar-refractivity contribution >= 4 is 15.9 Å². The zero-order valence-electron chi connectivity index (χ0n) is 12.2. The summed E-state index contributed by atoms with van der Waals surface area (Å²) in [6.07, 6.45) is 4.55. The first kappa shape index (κ1) is 15.9. The largest absolute Gasteiger partial charge is 0.337 e. The van der Waals surface area contributed by atoms with Gasteiger partial charge in [0, 0.05) is 32.4 Å². The van der Waals surface area contributed by atoms with Crippen LogP contribution in [0.3, 0.4) is 0 Å². The maximum atomic E-state index is 12.2. The number of amides is 1. The number of rotatable bonds is 6. The third-order valence-corrected chi connectivity index (χ3v) is 4.90. The number of aryl methyl sites for hydroxylation is 1. The zero-order valence-corrected chi connectivity index (χ0v) is 13.1. The van der Waals surface area contributed by atoms with E-state index in [1.807, 2.05) is 7.05 Å². The average molecular weight is 315 g/mol. The van der Waals surface area contributed by atoms with Crippen molar-refractivity contribution in [2.75, 3.05) is 26.7 Å². The summed E-state index contributed by atoms with van der Waals surface area (Å²) in [4.78, 5) is 14.0. The van der Waals surface area contributed by atoms with Gasteiger partial charge in [-0.25, -0.2) is 13.1 Å². The summed E-state index contributed by atoms with van der Waals surface area (Å²) >= 11 is 0. The molecule has 2 rings (SSSR count). The highest BCUT2D eigenvalue weighted by Gasteiger charge is 2.28. The topological polar surface area (TPSA) is 96.3 Å². The predicted molar refractivity (Wildman–Crippen MR) is 77.1 cm³/mol. The minimum atomic E-state index is -3.69. The van der Waals surface area contributed by atoms with Crippen molar-refractivity contribution < 1.29 is 13.2 Å². The summed E-state index contributed by atoms with van der Waals surface area (Å²) in [6.45, 7) is 1.18. The number of carbonyl (C=O) groups is 1. The Hall–Kier alpha value is -1.45. The average Bonchev–Trinajstić information content (AvgIpc) is 3.06. The van der Waals surface area contributed by atoms with Gasteiger partial charge in [0.25, 0.3) is 0 Å². The highest BCUT2D eigenvalue weighted by atomic mass is 32.2. The van der Waals surface area contributed by atoms with Gasteiger partial charge in [-0.2, -0.15) is 5.10 Å². The number of carbonyl (C=O) groups excluding carboxylic acids is 1. The van der Waals surface area contributed by atoms with Gasteiger partial charge < -0.3 is 10.2 Å². The quantitative estimate of drug-likeness (QED) is 0.695. The molecule has 2 N–H and O–H groups in total. The number of hydrogen-bond donors (Lipinski definition) is 2. The van der Waals surface area contributed by atoms with E-state index in [1.165, 1.54) is 17.1 Å². The van der Waals surface area contributed by atoms with Gasteiger partial charge >= 0.3 is 0 Å². The second-order valence-electron chi connectivity index (χ2n) is 5.12. The molecule has 1 aliphatic heterocycles. The molecule has 1 aliphatic rings. The standard InChI is InChI=1S/C12H21N5O3S/c1-13-6-10-4-3-5-17(10)12(18)8-15-21(19,20)11-7-14-16(2)9-11/h7,9-10,13,15H,3-6,8H2,1-2H3. The SMILES string of the molecule is CNCC1CCCN1C(=O)CNS(=O)(=O)c1cnn(C)c1. The van der Waals surface area contributed by atoms with Crippen LogP contribution in [0.15, 0.2) is 17.3 Å². The Morgan fingerprint density at radius 3 is 2.90 bits per heavy atom. The Morgan fingerprint density at radius 1 is 1.52 bits per heavy atom. The molecule has 1 saturated heterocycles. The monoisotopic (exact) mass is 315 g/mol. The number of likely N-dealkylation sites (N-methyl/N-ethyl adjacent to an activating group) is 1. The fourth-order valence-electron chi connectivity index (χ4n) is 2.49. The number of nitrogens with one attached hydrogen (secondary N) is 2. The van der Waals surface area contributed by atoms with Crippen LogP contribution in [-0.2, 0) is 21.9 Å². The third-order valence-electron chi connectivity index (χ3n) is 3.54. The first-order chi connectivity index (χ1) is 9.94. The Kier molecular flexibility index (Phi) is 4.96. The molecule has 9 heteroatoms. The number of hydrogen-bond acceptors (Lipinski definition) is 5. The lowest BCUT2D eigenvalue weighted by molar-refractivity contribution is -0.130. The van der Waals surface area contributed by atoms with Crippen LogP contribution in [0.25, 0.3) is 0 Å². The van der Waals surface area contributed by atoms with Crippen LogP contribution in [0.5, 0.6) is 0 Å². The molecule has 0 bridgehead atoms. The van der Waals surface area contributed by atoms with E-state index in [-0.39, 0.29) is 23.4 Å². The smallest absolute Gasteiger partial charge is 0.244 e. The van der Waals surface area contributed by atoms with Crippen molar-refractivity contribution in [3.63, 3.8) is 0 Å². The van der Waals surface area contributed by atoms with E-state index in [9.17, 15) is 13.2 Å². The van der Waals surface area contributed by atoms with Crippen molar-refractivity contribution in [3.8, 4) is 0 Å². The van der Waals surface area contributed by atoms with Crippen molar-refractivity contribution in [1.82, 2.24) is 24.7 Å². The highest BCUT2D eigenvalue weighted by Crippen LogP contribution is 2.16. The highest BCUT2D eigenvalue weighted by molar-refractivity contribution is 7.89. The predicted octanol–water partition coefficient (Wildman–Crippen LogP) is -1.09. The minimum absolute atomic E-state index is 0.0611. The molecule has 0 radical (unpaired) electrons. The van der Waals surface area contributed by atoms with E-state index < -0.39 is 10.0 Å². The summed E-state index contributed by atoms with van der Waals surface area (Å²) in [5, 5.41) is 6.87. The lowest BCUT2D eigenvalue weighted by atomic mass is 10.2. The second-order valence-corrected chi connectivity index (χ2v) is 6.88. The molecule has 2 heterocycles. The van der Waals surface area contributed by atoms with Gasteiger partial charge in [-0.15, -0.1) is 0 Å². The van der Waals surface area contributed by atoms with E-state index in [1.54, 1.807) is 11.9 Å². The first-order valence-corrected chi connectivity index (χ1v) is 8.35. The van der Waals surface area contributed by atoms with E-state index in [0.717, 1.165) is 19.4 Å². The number of likely N-dealkylation sites (tertiary alicyclic amines) is 1. The second kappa shape index (κ2) is 6.54. The Labute approximate surface area is 124 Å². The van der Waals surface area contributed by atoms with Crippen molar-refractivity contribution in [2.45, 2.75) is 23.8 Å². The molecule has 0 saturated carbocycles. The summed E-state index contributed by atoms with van der Waals surface area (Å²) in [5.74, 6) is -0.194. The van der Waals surface area contributed by atoms with Crippen molar-refractivity contribution in [2.24, 2.45) is 7.05 Å². The lowest BCUT2D eigenvalue weighted by Crippen LogP contribution is -2.45. The molecule has 118 valence electrons. The fourth-order valence-corrected chi connectivity index (χ4v) is 3.45. The fraction of sp³-hybridized carbons (Fsp3) is 0.667. The van der Waals surface area contributed by atoms with Crippen molar-refractivity contribution in [3.05, 3.63) is 12.4 Å². The maximum absolute atomic E-state index is 12.2. The van der Waals surface area contributed by atoms with Gasteiger partial charge in [0.05, 0.1) is 12.7 Å². The molecule has 1 amide bonds. The summed E-state index contributed by atoms with van der Waals surface area (Å²) in [5.41, 5.74) is 0. The molecule has 1 aromatic rings. The van der Waals surface area contributed by atoms with Crippen LogP contribution in [0.4, 0.5) is 0 Å². The molecule has 21 heavy (non-hydrogen) atoms. The number of nitrogens with zero attached hydrogens (tertiary/aromatic N) is 3. The molecule has 0 aliphatic carbocycles. The summed E-state index contributed by atoms with van der Waals surface area (Å²) < 4.78 is 27.8. The van der Waals surface area contributed by atoms with Crippen molar-refractivity contribution in [1.29, 1.82) is 0 Å². The van der Waals surface area contributed by atoms with Crippen LogP contribution in [0, 0.1) is 0 Å². The normalized spacial score (nSPS) is 19.1. The molecule has 0 spiro atoms. The van der Waals surface area contributed by atoms with Gasteiger partial charge in [-0.3, -0.25) is 9.48 Å². The Morgan fingerprint density at radius 2 is 2.29 bits per heavy atom. The molecule has 1 aromatic heterocycles. The first-order valence-electron chi connectivity index (χ1n) is 6.86. The Balaban J connectivity index is 1.94. The van der Waals surface area contributed by atoms with Gasteiger partial charge in [0.2, 0.25) is 15.9 Å². The van der Waals surface area contributed by atoms with Gasteiger partial charge in [-0.1, -0.05) is 0 Å². The number of sulfonamides is 1. The van der Waals surface area contributed by atoms with Gasteiger partial charge in [-0.05, 0) is 19.9 Å². The number of aromatic nitrogens is 2. The molecule has 1 fully saturated rings. The third kappa shape index (κ3) is 3.80. The van der Waals surface area contributed by atoms with Crippen LogP contribution in [0.2, 0.25) is 0 Å². The Bertz CT molecular complexity index is 598. The molecule has 0 aromatic carbocycles. The molecular formula is C12H21N5O3S. The maximum Gasteiger partial charge on any atom is 0.244 e. The molecule has 8 nitrogen and oxygen atoms in total. The van der Waals surface area contributed by atoms with E-state index in [4.69, 9.17) is 0 Å². The molecular weight excluding hydrogens is 294 g/mol. The van der Waals surface area contributed by atoms with Gasteiger partial charge in [0.15, 0.2) is 0 Å². The molecule has 1 unspecified atom stereocenters. The van der Waals surface area contributed by atoms with Crippen LogP contribution >= 0.6 is 0 Å². The lowest BCUT2D eigenvalue weighted by Gasteiger charge is -2.24.